The Morgan fingerprint density at radius 1 is 1.18 bits per heavy atom. The normalized spacial score (nSPS) is 11.2. The average Bonchev–Trinajstić information content (AvgIpc) is 3.30. The van der Waals surface area contributed by atoms with Crippen molar-refractivity contribution in [3.63, 3.8) is 0 Å². The highest BCUT2D eigenvalue weighted by atomic mass is 16.5. The van der Waals surface area contributed by atoms with Gasteiger partial charge in [0.05, 0.1) is 35.8 Å². The fraction of sp³-hybridized carbons (Fsp3) is 0.417. The van der Waals surface area contributed by atoms with E-state index in [2.05, 4.69) is 34.0 Å². The van der Waals surface area contributed by atoms with Gasteiger partial charge in [0.1, 0.15) is 0 Å². The number of ketones is 1. The lowest BCUT2D eigenvalue weighted by atomic mass is 10.1. The van der Waals surface area contributed by atoms with Gasteiger partial charge in [0.25, 0.3) is 0 Å². The molecule has 0 bridgehead atoms. The van der Waals surface area contributed by atoms with Crippen LogP contribution in [-0.4, -0.2) is 63.8 Å². The standard InChI is InChI=1S/C24H31N5O4/c1-6-28(7-2)12-13-29-19-11-9-8-10-17(19)26-24(29)27-20(31)14-18-21(23(32)33-5)15(3)22(25-18)16(4)30/h8-11,25H,6-7,12-14H2,1-5H3,(H,26,27,31). The zero-order valence-electron chi connectivity index (χ0n) is 19.8. The zero-order valence-corrected chi connectivity index (χ0v) is 19.8. The first-order valence-electron chi connectivity index (χ1n) is 11.1. The number of benzene rings is 1. The van der Waals surface area contributed by atoms with Crippen LogP contribution in [0.1, 0.15) is 52.9 Å². The average molecular weight is 454 g/mol. The van der Waals surface area contributed by atoms with E-state index in [1.165, 1.54) is 14.0 Å². The minimum absolute atomic E-state index is 0.127. The van der Waals surface area contributed by atoms with E-state index >= 15 is 0 Å². The summed E-state index contributed by atoms with van der Waals surface area (Å²) in [6.45, 7) is 10.7. The van der Waals surface area contributed by atoms with E-state index in [1.807, 2.05) is 28.8 Å². The molecule has 0 saturated heterocycles. The van der Waals surface area contributed by atoms with Gasteiger partial charge in [0.2, 0.25) is 11.9 Å². The molecule has 2 N–H and O–H groups in total. The molecule has 0 fully saturated rings. The molecule has 0 atom stereocenters. The number of aromatic amines is 1. The number of nitrogens with zero attached hydrogens (tertiary/aromatic N) is 3. The van der Waals surface area contributed by atoms with Crippen LogP contribution in [0.5, 0.6) is 0 Å². The summed E-state index contributed by atoms with van der Waals surface area (Å²) >= 11 is 0. The third-order valence-corrected chi connectivity index (χ3v) is 5.85. The number of rotatable bonds is 10. The van der Waals surface area contributed by atoms with Crippen molar-refractivity contribution < 1.29 is 19.1 Å². The quantitative estimate of drug-likeness (QED) is 0.360. The summed E-state index contributed by atoms with van der Waals surface area (Å²) in [6.07, 6.45) is -0.127. The van der Waals surface area contributed by atoms with Crippen LogP contribution in [0.15, 0.2) is 24.3 Å². The lowest BCUT2D eigenvalue weighted by Crippen LogP contribution is -2.28. The van der Waals surface area contributed by atoms with Gasteiger partial charge in [0.15, 0.2) is 5.78 Å². The number of anilines is 1. The third-order valence-electron chi connectivity index (χ3n) is 5.85. The van der Waals surface area contributed by atoms with Gasteiger partial charge in [-0.1, -0.05) is 26.0 Å². The molecule has 9 heteroatoms. The van der Waals surface area contributed by atoms with Gasteiger partial charge in [-0.3, -0.25) is 14.9 Å². The van der Waals surface area contributed by atoms with Gasteiger partial charge in [0, 0.05) is 25.7 Å². The van der Waals surface area contributed by atoms with Crippen molar-refractivity contribution in [1.29, 1.82) is 0 Å². The molecule has 0 unspecified atom stereocenters. The van der Waals surface area contributed by atoms with Crippen molar-refractivity contribution in [3.05, 3.63) is 46.8 Å². The molecule has 0 aliphatic rings. The number of imidazole rings is 1. The summed E-state index contributed by atoms with van der Waals surface area (Å²) in [5.41, 5.74) is 3.05. The first-order chi connectivity index (χ1) is 15.8. The fourth-order valence-corrected chi connectivity index (χ4v) is 4.03. The molecule has 0 spiro atoms. The number of hydrogen-bond donors (Lipinski definition) is 2. The predicted molar refractivity (Wildman–Crippen MR) is 127 cm³/mol. The molecule has 1 amide bonds. The van der Waals surface area contributed by atoms with Crippen LogP contribution < -0.4 is 5.32 Å². The Kier molecular flexibility index (Phi) is 7.65. The molecule has 2 aromatic heterocycles. The molecule has 3 rings (SSSR count). The van der Waals surface area contributed by atoms with E-state index in [0.29, 0.717) is 29.4 Å². The van der Waals surface area contributed by atoms with E-state index in [0.717, 1.165) is 30.7 Å². The summed E-state index contributed by atoms with van der Waals surface area (Å²) in [7, 11) is 1.27. The monoisotopic (exact) mass is 453 g/mol. The maximum Gasteiger partial charge on any atom is 0.339 e. The molecule has 3 aromatic rings. The van der Waals surface area contributed by atoms with Gasteiger partial charge >= 0.3 is 5.97 Å². The molecular weight excluding hydrogens is 422 g/mol. The fourth-order valence-electron chi connectivity index (χ4n) is 4.03. The minimum Gasteiger partial charge on any atom is -0.465 e. The molecule has 0 aliphatic carbocycles. The zero-order chi connectivity index (χ0) is 24.1. The molecule has 0 aliphatic heterocycles. The van der Waals surface area contributed by atoms with E-state index in [1.54, 1.807) is 6.92 Å². The van der Waals surface area contributed by atoms with Crippen LogP contribution in [0.2, 0.25) is 0 Å². The Morgan fingerprint density at radius 3 is 2.52 bits per heavy atom. The molecule has 2 heterocycles. The Balaban J connectivity index is 1.89. The number of para-hydroxylation sites is 2. The maximum atomic E-state index is 13.0. The summed E-state index contributed by atoms with van der Waals surface area (Å²) < 4.78 is 6.86. The van der Waals surface area contributed by atoms with Crippen molar-refractivity contribution in [2.75, 3.05) is 32.1 Å². The van der Waals surface area contributed by atoms with Gasteiger partial charge < -0.3 is 19.2 Å². The number of aromatic nitrogens is 3. The van der Waals surface area contributed by atoms with E-state index in [-0.39, 0.29) is 23.7 Å². The number of hydrogen-bond acceptors (Lipinski definition) is 6. The molecule has 9 nitrogen and oxygen atoms in total. The second-order valence-electron chi connectivity index (χ2n) is 7.85. The van der Waals surface area contributed by atoms with Gasteiger partial charge in [-0.2, -0.15) is 0 Å². The molecule has 176 valence electrons. The second kappa shape index (κ2) is 10.4. The van der Waals surface area contributed by atoms with Crippen LogP contribution in [0.3, 0.4) is 0 Å². The third kappa shape index (κ3) is 5.14. The number of carbonyl (C=O) groups excluding carboxylic acids is 3. The topological polar surface area (TPSA) is 109 Å². The lowest BCUT2D eigenvalue weighted by Gasteiger charge is -2.19. The maximum absolute atomic E-state index is 13.0. The summed E-state index contributed by atoms with van der Waals surface area (Å²) in [5, 5.41) is 2.89. The Morgan fingerprint density at radius 2 is 1.88 bits per heavy atom. The SMILES string of the molecule is CCN(CC)CCn1c(NC(=O)Cc2[nH]c(C(C)=O)c(C)c2C(=O)OC)nc2ccccc21. The van der Waals surface area contributed by atoms with Gasteiger partial charge in [-0.25, -0.2) is 9.78 Å². The number of methoxy groups -OCH3 is 1. The number of esters is 1. The Labute approximate surface area is 193 Å². The van der Waals surface area contributed by atoms with Crippen molar-refractivity contribution in [2.24, 2.45) is 0 Å². The second-order valence-corrected chi connectivity index (χ2v) is 7.85. The first-order valence-corrected chi connectivity index (χ1v) is 11.1. The molecule has 33 heavy (non-hydrogen) atoms. The number of ether oxygens (including phenoxy) is 1. The van der Waals surface area contributed by atoms with Crippen LogP contribution >= 0.6 is 0 Å². The number of nitrogens with one attached hydrogen (secondary N) is 2. The number of fused-ring (bicyclic) bond motifs is 1. The molecular formula is C24H31N5O4. The van der Waals surface area contributed by atoms with Crippen molar-refractivity contribution in [2.45, 2.75) is 40.7 Å². The molecule has 1 aromatic carbocycles. The number of Topliss-reactive ketones (excluding diaryl/α,β-unsaturated/α-hetero) is 1. The van der Waals surface area contributed by atoms with E-state index in [4.69, 9.17) is 4.74 Å². The number of likely N-dealkylation sites (N-methyl/N-ethyl adjacent to an activating group) is 1. The first kappa shape index (κ1) is 24.2. The lowest BCUT2D eigenvalue weighted by molar-refractivity contribution is -0.115. The highest BCUT2D eigenvalue weighted by Gasteiger charge is 2.25. The number of amides is 1. The van der Waals surface area contributed by atoms with Crippen LogP contribution in [0.25, 0.3) is 11.0 Å². The van der Waals surface area contributed by atoms with Crippen LogP contribution in [0.4, 0.5) is 5.95 Å². The van der Waals surface area contributed by atoms with Crippen molar-refractivity contribution in [3.8, 4) is 0 Å². The van der Waals surface area contributed by atoms with Gasteiger partial charge in [-0.05, 0) is 37.7 Å². The highest BCUT2D eigenvalue weighted by molar-refractivity contribution is 6.02. The van der Waals surface area contributed by atoms with E-state index in [9.17, 15) is 14.4 Å². The number of carbonyl (C=O) groups is 3. The van der Waals surface area contributed by atoms with Gasteiger partial charge in [-0.15, -0.1) is 0 Å². The van der Waals surface area contributed by atoms with E-state index < -0.39 is 5.97 Å². The number of H-pyrrole nitrogens is 1. The summed E-state index contributed by atoms with van der Waals surface area (Å²) in [5.74, 6) is -0.716. The van der Waals surface area contributed by atoms with Crippen molar-refractivity contribution in [1.82, 2.24) is 19.4 Å². The summed E-state index contributed by atoms with van der Waals surface area (Å²) in [4.78, 5) is 47.1. The van der Waals surface area contributed by atoms with Crippen LogP contribution in [0, 0.1) is 6.92 Å². The minimum atomic E-state index is -0.592. The molecule has 0 radical (unpaired) electrons. The largest absolute Gasteiger partial charge is 0.465 e. The van der Waals surface area contributed by atoms with Crippen molar-refractivity contribution >= 4 is 34.6 Å². The van der Waals surface area contributed by atoms with Crippen LogP contribution in [-0.2, 0) is 22.5 Å². The Bertz CT molecular complexity index is 1170. The summed E-state index contributed by atoms with van der Waals surface area (Å²) in [6, 6.07) is 7.73. The smallest absolute Gasteiger partial charge is 0.339 e. The molecule has 0 saturated carbocycles. The highest BCUT2D eigenvalue weighted by Crippen LogP contribution is 2.23. The Hall–Kier alpha value is -3.46. The predicted octanol–water partition coefficient (Wildman–Crippen LogP) is 3.19.